The molecule has 1 rings (SSSR count). The van der Waals surface area contributed by atoms with Crippen LogP contribution in [0.15, 0.2) is 18.2 Å². The molecule has 0 unspecified atom stereocenters. The molecule has 0 aliphatic carbocycles. The van der Waals surface area contributed by atoms with Crippen LogP contribution in [0.3, 0.4) is 0 Å². The van der Waals surface area contributed by atoms with E-state index in [2.05, 4.69) is 5.32 Å². The first-order valence-corrected chi connectivity index (χ1v) is 3.60. The van der Waals surface area contributed by atoms with Gasteiger partial charge >= 0.3 is 6.09 Å². The molecule has 0 fully saturated rings. The summed E-state index contributed by atoms with van der Waals surface area (Å²) >= 11 is 0. The van der Waals surface area contributed by atoms with Gasteiger partial charge in [0.15, 0.2) is 0 Å². The molecule has 1 aromatic rings. The van der Waals surface area contributed by atoms with Crippen molar-refractivity contribution in [2.24, 2.45) is 0 Å². The average molecular weight is 184 g/mol. The van der Waals surface area contributed by atoms with E-state index in [1.807, 2.05) is 0 Å². The van der Waals surface area contributed by atoms with E-state index in [1.165, 1.54) is 12.1 Å². The van der Waals surface area contributed by atoms with Crippen molar-refractivity contribution in [2.75, 3.05) is 5.73 Å². The van der Waals surface area contributed by atoms with E-state index < -0.39 is 11.9 Å². The summed E-state index contributed by atoms with van der Waals surface area (Å²) in [5.41, 5.74) is 5.90. The molecule has 0 bridgehead atoms. The van der Waals surface area contributed by atoms with E-state index in [9.17, 15) is 9.18 Å². The summed E-state index contributed by atoms with van der Waals surface area (Å²) in [4.78, 5) is 10.1. The normalized spacial score (nSPS) is 9.62. The van der Waals surface area contributed by atoms with Crippen molar-refractivity contribution in [3.63, 3.8) is 0 Å². The molecule has 0 saturated heterocycles. The lowest BCUT2D eigenvalue weighted by molar-refractivity contribution is 0.194. The van der Waals surface area contributed by atoms with Crippen LogP contribution in [0.25, 0.3) is 0 Å². The third-order valence-electron chi connectivity index (χ3n) is 1.51. The number of carbonyl (C=O) groups is 1. The molecule has 0 saturated carbocycles. The van der Waals surface area contributed by atoms with Crippen LogP contribution < -0.4 is 11.1 Å². The van der Waals surface area contributed by atoms with Crippen molar-refractivity contribution in [2.45, 2.75) is 6.54 Å². The van der Waals surface area contributed by atoms with Crippen LogP contribution in [-0.4, -0.2) is 11.2 Å². The predicted octanol–water partition coefficient (Wildman–Crippen LogP) is 1.18. The molecule has 0 aliphatic heterocycles. The molecule has 1 aromatic carbocycles. The Morgan fingerprint density at radius 3 is 2.85 bits per heavy atom. The Labute approximate surface area is 74.2 Å². The van der Waals surface area contributed by atoms with Crippen molar-refractivity contribution in [1.82, 2.24) is 5.32 Å². The van der Waals surface area contributed by atoms with E-state index in [0.717, 1.165) is 6.07 Å². The van der Waals surface area contributed by atoms with Gasteiger partial charge in [-0.25, -0.2) is 9.18 Å². The number of nitrogen functional groups attached to an aromatic ring is 1. The number of benzene rings is 1. The van der Waals surface area contributed by atoms with Crippen molar-refractivity contribution in [3.8, 4) is 0 Å². The third-order valence-corrected chi connectivity index (χ3v) is 1.51. The summed E-state index contributed by atoms with van der Waals surface area (Å²) in [7, 11) is 0. The van der Waals surface area contributed by atoms with Gasteiger partial charge in [-0.15, -0.1) is 0 Å². The number of hydrogen-bond donors (Lipinski definition) is 3. The summed E-state index contributed by atoms with van der Waals surface area (Å²) in [6.45, 7) is -0.0541. The minimum absolute atomic E-state index is 0.0541. The number of anilines is 1. The molecule has 0 spiro atoms. The van der Waals surface area contributed by atoms with Crippen LogP contribution in [0, 0.1) is 5.82 Å². The Morgan fingerprint density at radius 2 is 2.31 bits per heavy atom. The molecule has 0 radical (unpaired) electrons. The van der Waals surface area contributed by atoms with Crippen LogP contribution in [-0.2, 0) is 6.54 Å². The fraction of sp³-hybridized carbons (Fsp3) is 0.125. The fourth-order valence-electron chi connectivity index (χ4n) is 0.878. The van der Waals surface area contributed by atoms with Gasteiger partial charge < -0.3 is 16.2 Å². The fourth-order valence-corrected chi connectivity index (χ4v) is 0.878. The second-order valence-corrected chi connectivity index (χ2v) is 2.51. The van der Waals surface area contributed by atoms with Crippen LogP contribution >= 0.6 is 0 Å². The summed E-state index contributed by atoms with van der Waals surface area (Å²) in [6.07, 6.45) is -1.18. The van der Waals surface area contributed by atoms with Crippen molar-refractivity contribution >= 4 is 11.8 Å². The highest BCUT2D eigenvalue weighted by atomic mass is 19.1. The summed E-state index contributed by atoms with van der Waals surface area (Å²) in [5.74, 6) is -0.506. The number of hydrogen-bond acceptors (Lipinski definition) is 2. The molecule has 0 atom stereocenters. The van der Waals surface area contributed by atoms with Gasteiger partial charge in [-0.1, -0.05) is 6.07 Å². The maximum absolute atomic E-state index is 13.0. The van der Waals surface area contributed by atoms with Gasteiger partial charge in [-0.2, -0.15) is 0 Å². The highest BCUT2D eigenvalue weighted by molar-refractivity contribution is 5.64. The predicted molar refractivity (Wildman–Crippen MR) is 45.7 cm³/mol. The van der Waals surface area contributed by atoms with Gasteiger partial charge in [-0.05, 0) is 12.1 Å². The number of halogens is 1. The molecule has 4 nitrogen and oxygen atoms in total. The van der Waals surface area contributed by atoms with E-state index >= 15 is 0 Å². The van der Waals surface area contributed by atoms with Crippen molar-refractivity contribution in [1.29, 1.82) is 0 Å². The van der Waals surface area contributed by atoms with E-state index in [1.54, 1.807) is 0 Å². The zero-order chi connectivity index (χ0) is 9.84. The lowest BCUT2D eigenvalue weighted by Crippen LogP contribution is -2.20. The van der Waals surface area contributed by atoms with E-state index in [-0.39, 0.29) is 12.1 Å². The number of amides is 1. The lowest BCUT2D eigenvalue weighted by Gasteiger charge is -2.03. The summed E-state index contributed by atoms with van der Waals surface area (Å²) in [6, 6.07) is 4.11. The van der Waals surface area contributed by atoms with Crippen molar-refractivity contribution in [3.05, 3.63) is 29.6 Å². The Morgan fingerprint density at radius 1 is 1.62 bits per heavy atom. The molecule has 0 aliphatic rings. The molecule has 4 N–H and O–H groups in total. The Hall–Kier alpha value is -1.78. The smallest absolute Gasteiger partial charge is 0.404 e. The van der Waals surface area contributed by atoms with Crippen LogP contribution in [0.5, 0.6) is 0 Å². The summed E-state index contributed by atoms with van der Waals surface area (Å²) in [5, 5.41) is 10.3. The van der Waals surface area contributed by atoms with Gasteiger partial charge in [0.1, 0.15) is 5.82 Å². The molecule has 0 aromatic heterocycles. The maximum Gasteiger partial charge on any atom is 0.404 e. The van der Waals surface area contributed by atoms with Gasteiger partial charge in [0.25, 0.3) is 0 Å². The second-order valence-electron chi connectivity index (χ2n) is 2.51. The molecule has 1 amide bonds. The Balaban J connectivity index is 2.72. The number of carboxylic acid groups (broad SMARTS) is 1. The first kappa shape index (κ1) is 9.31. The maximum atomic E-state index is 13.0. The minimum atomic E-state index is -1.18. The van der Waals surface area contributed by atoms with Gasteiger partial charge in [-0.3, -0.25) is 0 Å². The zero-order valence-electron chi connectivity index (χ0n) is 6.75. The van der Waals surface area contributed by atoms with E-state index in [0.29, 0.717) is 5.69 Å². The largest absolute Gasteiger partial charge is 0.465 e. The Kier molecular flexibility index (Phi) is 2.69. The topological polar surface area (TPSA) is 75.3 Å². The van der Waals surface area contributed by atoms with Crippen LogP contribution in [0.4, 0.5) is 14.9 Å². The number of nitrogens with one attached hydrogen (secondary N) is 1. The SMILES string of the molecule is Nc1ccc(CNC(=O)O)c(F)c1. The van der Waals surface area contributed by atoms with Gasteiger partial charge in [0.05, 0.1) is 0 Å². The van der Waals surface area contributed by atoms with Crippen LogP contribution in [0.1, 0.15) is 5.56 Å². The molecule has 13 heavy (non-hydrogen) atoms. The molecule has 5 heteroatoms. The van der Waals surface area contributed by atoms with Crippen molar-refractivity contribution < 1.29 is 14.3 Å². The molecular weight excluding hydrogens is 175 g/mol. The standard InChI is InChI=1S/C8H9FN2O2/c9-7-3-6(10)2-1-5(7)4-11-8(12)13/h1-3,11H,4,10H2,(H,12,13). The molecule has 70 valence electrons. The Bertz CT molecular complexity index is 328. The highest BCUT2D eigenvalue weighted by Gasteiger charge is 2.03. The first-order valence-electron chi connectivity index (χ1n) is 3.60. The molecular formula is C8H9FN2O2. The monoisotopic (exact) mass is 184 g/mol. The summed E-state index contributed by atoms with van der Waals surface area (Å²) < 4.78 is 13.0. The quantitative estimate of drug-likeness (QED) is 0.604. The minimum Gasteiger partial charge on any atom is -0.465 e. The number of nitrogens with two attached hydrogens (primary N) is 1. The van der Waals surface area contributed by atoms with Gasteiger partial charge in [0.2, 0.25) is 0 Å². The van der Waals surface area contributed by atoms with E-state index in [4.69, 9.17) is 10.8 Å². The third kappa shape index (κ3) is 2.62. The lowest BCUT2D eigenvalue weighted by atomic mass is 10.2. The number of rotatable bonds is 2. The molecule has 0 heterocycles. The first-order chi connectivity index (χ1) is 6.09. The average Bonchev–Trinajstić information content (AvgIpc) is 2.02. The van der Waals surface area contributed by atoms with Crippen LogP contribution in [0.2, 0.25) is 0 Å². The van der Waals surface area contributed by atoms with Gasteiger partial charge in [0, 0.05) is 17.8 Å². The second kappa shape index (κ2) is 3.75. The zero-order valence-corrected chi connectivity index (χ0v) is 6.75. The highest BCUT2D eigenvalue weighted by Crippen LogP contribution is 2.11.